The van der Waals surface area contributed by atoms with Crippen LogP contribution in [0.25, 0.3) is 10.2 Å². The van der Waals surface area contributed by atoms with Crippen LogP contribution in [0.15, 0.2) is 69.7 Å². The van der Waals surface area contributed by atoms with Crippen molar-refractivity contribution in [2.24, 2.45) is 10.2 Å². The number of fused-ring (bicyclic) bond motifs is 3. The van der Waals surface area contributed by atoms with Crippen LogP contribution >= 0.6 is 22.1 Å². The summed E-state index contributed by atoms with van der Waals surface area (Å²) in [4.78, 5) is 20.5. The van der Waals surface area contributed by atoms with Gasteiger partial charge in [0.05, 0.1) is 15.9 Å². The van der Waals surface area contributed by atoms with Gasteiger partial charge in [-0.1, -0.05) is 35.6 Å². The average molecular weight is 485 g/mol. The molecular weight excluding hydrogens is 467 g/mol. The van der Waals surface area contributed by atoms with E-state index in [2.05, 4.69) is 15.2 Å². The van der Waals surface area contributed by atoms with E-state index in [0.29, 0.717) is 5.13 Å². The van der Waals surface area contributed by atoms with Gasteiger partial charge in [-0.3, -0.25) is 15.6 Å². The maximum atomic E-state index is 12.9. The van der Waals surface area contributed by atoms with Crippen molar-refractivity contribution in [1.82, 2.24) is 4.98 Å². The molecule has 0 aliphatic heterocycles. The first-order valence-corrected chi connectivity index (χ1v) is 12.2. The Bertz CT molecular complexity index is 1370. The number of thiazole rings is 1. The summed E-state index contributed by atoms with van der Waals surface area (Å²) < 4.78 is 0.932. The van der Waals surface area contributed by atoms with Crippen molar-refractivity contribution >= 4 is 66.3 Å². The van der Waals surface area contributed by atoms with Gasteiger partial charge in [0.1, 0.15) is 0 Å². The molecule has 4 aromatic rings. The summed E-state index contributed by atoms with van der Waals surface area (Å²) in [5.74, 6) is 0.0726. The molecule has 0 saturated carbocycles. The first kappa shape index (κ1) is 23.5. The van der Waals surface area contributed by atoms with Gasteiger partial charge in [-0.25, -0.2) is 4.98 Å². The van der Waals surface area contributed by atoms with Crippen molar-refractivity contribution in [1.29, 1.82) is 0 Å². The van der Waals surface area contributed by atoms with E-state index in [0.717, 1.165) is 55.2 Å². The molecule has 0 unspecified atom stereocenters. The molecule has 1 aliphatic rings. The molecule has 0 bridgehead atoms. The SMILES string of the molecule is CN(C)c1ccc(N=Nc2nc3cc4c(cc3s2)C(=O)c2ccccc2C4)c(S[S-])c1.[Na+]. The minimum absolute atomic E-state index is 0. The predicted octanol–water partition coefficient (Wildman–Crippen LogP) is 3.47. The van der Waals surface area contributed by atoms with Crippen LogP contribution in [0.4, 0.5) is 16.5 Å². The van der Waals surface area contributed by atoms with Gasteiger partial charge >= 0.3 is 29.6 Å². The van der Waals surface area contributed by atoms with Crippen LogP contribution in [0.1, 0.15) is 27.0 Å². The normalized spacial score (nSPS) is 12.5. The Morgan fingerprint density at radius 2 is 1.84 bits per heavy atom. The number of hydrogen-bond donors (Lipinski definition) is 0. The van der Waals surface area contributed by atoms with E-state index in [-0.39, 0.29) is 35.3 Å². The zero-order chi connectivity index (χ0) is 21.5. The van der Waals surface area contributed by atoms with Gasteiger partial charge in [0.2, 0.25) is 5.13 Å². The number of carbonyl (C=O) groups excluding carboxylic acids is 1. The minimum Gasteiger partial charge on any atom is -0.714 e. The van der Waals surface area contributed by atoms with E-state index in [1.807, 2.05) is 73.6 Å². The monoisotopic (exact) mass is 484 g/mol. The van der Waals surface area contributed by atoms with E-state index in [1.165, 1.54) is 22.1 Å². The Hall–Kier alpha value is -1.68. The third kappa shape index (κ3) is 4.40. The van der Waals surface area contributed by atoms with Gasteiger partial charge in [-0.15, -0.1) is 10.2 Å². The molecule has 1 heterocycles. The fraction of sp³-hybridized carbons (Fsp3) is 0.130. The number of nitrogens with zero attached hydrogens (tertiary/aromatic N) is 4. The number of rotatable bonds is 4. The number of carbonyl (C=O) groups is 1. The first-order chi connectivity index (χ1) is 15.0. The third-order valence-corrected chi connectivity index (χ3v) is 7.23. The van der Waals surface area contributed by atoms with Gasteiger partial charge in [0.25, 0.3) is 0 Å². The number of azo groups is 1. The van der Waals surface area contributed by atoms with Crippen molar-refractivity contribution in [2.75, 3.05) is 19.0 Å². The second-order valence-electron chi connectivity index (χ2n) is 7.47. The summed E-state index contributed by atoms with van der Waals surface area (Å²) in [6.45, 7) is 0. The van der Waals surface area contributed by atoms with Crippen LogP contribution in [0.2, 0.25) is 0 Å². The maximum Gasteiger partial charge on any atom is 1.00 e. The summed E-state index contributed by atoms with van der Waals surface area (Å²) in [7, 11) is 5.20. The molecular formula is C23H17N4NaOS3. The Kier molecular flexibility index (Phi) is 7.09. The molecule has 5 rings (SSSR count). The second kappa shape index (κ2) is 9.67. The Morgan fingerprint density at radius 1 is 1.03 bits per heavy atom. The summed E-state index contributed by atoms with van der Waals surface area (Å²) in [6.07, 6.45) is 0.735. The van der Waals surface area contributed by atoms with Gasteiger partial charge in [-0.2, -0.15) is 0 Å². The van der Waals surface area contributed by atoms with Crippen molar-refractivity contribution in [3.63, 3.8) is 0 Å². The zero-order valence-corrected chi connectivity index (χ0v) is 22.3. The van der Waals surface area contributed by atoms with E-state index < -0.39 is 0 Å². The summed E-state index contributed by atoms with van der Waals surface area (Å²) in [6, 6.07) is 17.6. The van der Waals surface area contributed by atoms with Crippen LogP contribution in [0.3, 0.4) is 0 Å². The summed E-state index contributed by atoms with van der Waals surface area (Å²) >= 11 is 6.62. The van der Waals surface area contributed by atoms with Crippen LogP contribution in [0.5, 0.6) is 0 Å². The molecule has 0 amide bonds. The molecule has 9 heteroatoms. The number of ketones is 1. The molecule has 0 saturated heterocycles. The van der Waals surface area contributed by atoms with E-state index in [4.69, 9.17) is 11.7 Å². The van der Waals surface area contributed by atoms with Crippen LogP contribution in [-0.2, 0) is 18.1 Å². The molecule has 0 spiro atoms. The molecule has 0 N–H and O–H groups in total. The quantitative estimate of drug-likeness (QED) is 0.169. The maximum absolute atomic E-state index is 12.9. The van der Waals surface area contributed by atoms with Gasteiger partial charge in [-0.05, 0) is 47.9 Å². The van der Waals surface area contributed by atoms with E-state index >= 15 is 0 Å². The fourth-order valence-corrected chi connectivity index (χ4v) is 5.25. The van der Waals surface area contributed by atoms with Gasteiger partial charge < -0.3 is 16.6 Å². The van der Waals surface area contributed by atoms with Crippen LogP contribution in [-0.4, -0.2) is 24.9 Å². The van der Waals surface area contributed by atoms with Crippen molar-refractivity contribution < 1.29 is 34.4 Å². The average Bonchev–Trinajstić information content (AvgIpc) is 3.18. The molecule has 3 aromatic carbocycles. The first-order valence-electron chi connectivity index (χ1n) is 9.62. The zero-order valence-electron chi connectivity index (χ0n) is 17.8. The fourth-order valence-electron chi connectivity index (χ4n) is 3.68. The number of benzene rings is 3. The van der Waals surface area contributed by atoms with Crippen molar-refractivity contribution in [3.05, 3.63) is 76.9 Å². The molecule has 0 atom stereocenters. The number of hydrogen-bond acceptors (Lipinski definition) is 8. The molecule has 0 fully saturated rings. The Morgan fingerprint density at radius 3 is 2.62 bits per heavy atom. The third-order valence-electron chi connectivity index (χ3n) is 5.28. The Labute approximate surface area is 221 Å². The minimum atomic E-state index is 0. The van der Waals surface area contributed by atoms with Crippen LogP contribution in [0, 0.1) is 0 Å². The molecule has 1 aliphatic carbocycles. The standard InChI is InChI=1S/C23H18N4OS3.Na/c1-27(2)15-7-8-18(21(11-15)31-29)25-26-23-24-19-10-14-9-13-5-3-4-6-16(13)22(28)17(14)12-20(19)30-23;/h3-8,10-12,29H,9H2,1-2H3;/q;+1/p-1. The van der Waals surface area contributed by atoms with Crippen molar-refractivity contribution in [3.8, 4) is 0 Å². The molecule has 32 heavy (non-hydrogen) atoms. The van der Waals surface area contributed by atoms with Gasteiger partial charge in [0, 0.05) is 35.8 Å². The largest absolute Gasteiger partial charge is 1.00 e. The summed E-state index contributed by atoms with van der Waals surface area (Å²) in [5.41, 5.74) is 6.22. The molecule has 0 radical (unpaired) electrons. The van der Waals surface area contributed by atoms with Crippen LogP contribution < -0.4 is 34.5 Å². The van der Waals surface area contributed by atoms with Gasteiger partial charge in [0.15, 0.2) is 5.78 Å². The topological polar surface area (TPSA) is 57.9 Å². The number of anilines is 1. The molecule has 5 nitrogen and oxygen atoms in total. The molecule has 154 valence electrons. The Balaban J connectivity index is 0.00000245. The van der Waals surface area contributed by atoms with Crippen molar-refractivity contribution in [2.45, 2.75) is 11.3 Å². The molecule has 1 aromatic heterocycles. The summed E-state index contributed by atoms with van der Waals surface area (Å²) in [5, 5.41) is 9.30. The number of aromatic nitrogens is 1. The van der Waals surface area contributed by atoms with E-state index in [1.54, 1.807) is 0 Å². The van der Waals surface area contributed by atoms with E-state index in [9.17, 15) is 4.79 Å². The predicted molar refractivity (Wildman–Crippen MR) is 130 cm³/mol. The second-order valence-corrected chi connectivity index (χ2v) is 9.58. The smallest absolute Gasteiger partial charge is 0.714 e.